The van der Waals surface area contributed by atoms with E-state index in [2.05, 4.69) is 4.98 Å². The molecule has 0 atom stereocenters. The second kappa shape index (κ2) is 3.71. The summed E-state index contributed by atoms with van der Waals surface area (Å²) in [4.78, 5) is 15.4. The first kappa shape index (κ1) is 10.8. The molecule has 2 heterocycles. The lowest BCUT2D eigenvalue weighted by Crippen LogP contribution is -1.96. The number of rotatable bonds is 2. The SMILES string of the molecule is Cc1nc2scc(C)n2c1C=C(F)C(=O)O. The van der Waals surface area contributed by atoms with Gasteiger partial charge in [0.2, 0.25) is 5.83 Å². The molecule has 0 radical (unpaired) electrons. The molecule has 6 heteroatoms. The molecule has 0 amide bonds. The van der Waals surface area contributed by atoms with E-state index < -0.39 is 11.8 Å². The van der Waals surface area contributed by atoms with Crippen molar-refractivity contribution >= 4 is 28.3 Å². The number of carboxylic acid groups (broad SMARTS) is 1. The van der Waals surface area contributed by atoms with E-state index in [0.717, 1.165) is 16.7 Å². The van der Waals surface area contributed by atoms with Gasteiger partial charge in [-0.05, 0) is 13.8 Å². The number of thiazole rings is 1. The number of aromatic nitrogens is 2. The van der Waals surface area contributed by atoms with E-state index >= 15 is 0 Å². The fourth-order valence-electron chi connectivity index (χ4n) is 1.48. The summed E-state index contributed by atoms with van der Waals surface area (Å²) >= 11 is 1.44. The second-order valence-electron chi connectivity index (χ2n) is 3.37. The third-order valence-electron chi connectivity index (χ3n) is 2.22. The topological polar surface area (TPSA) is 54.6 Å². The Hall–Kier alpha value is -1.69. The van der Waals surface area contributed by atoms with Gasteiger partial charge < -0.3 is 5.11 Å². The summed E-state index contributed by atoms with van der Waals surface area (Å²) in [5.74, 6) is -2.75. The normalized spacial score (nSPS) is 12.3. The quantitative estimate of drug-likeness (QED) is 0.820. The number of fused-ring (bicyclic) bond motifs is 1. The van der Waals surface area contributed by atoms with Crippen LogP contribution in [0.15, 0.2) is 11.2 Å². The van der Waals surface area contributed by atoms with Crippen LogP contribution in [0, 0.1) is 13.8 Å². The highest BCUT2D eigenvalue weighted by Crippen LogP contribution is 2.22. The summed E-state index contributed by atoms with van der Waals surface area (Å²) in [6, 6.07) is 0. The van der Waals surface area contributed by atoms with Crippen LogP contribution >= 0.6 is 11.3 Å². The molecule has 0 aliphatic carbocycles. The fourth-order valence-corrected chi connectivity index (χ4v) is 2.40. The second-order valence-corrected chi connectivity index (χ2v) is 4.21. The van der Waals surface area contributed by atoms with Crippen molar-refractivity contribution in [1.29, 1.82) is 0 Å². The first-order valence-corrected chi connectivity index (χ1v) is 5.42. The number of hydrogen-bond acceptors (Lipinski definition) is 3. The van der Waals surface area contributed by atoms with Crippen LogP contribution < -0.4 is 0 Å². The average molecular weight is 240 g/mol. The standard InChI is InChI=1S/C10H9FN2O2S/c1-5-4-16-10-12-6(2)8(13(5)10)3-7(11)9(14)15/h3-4H,1-2H3,(H,14,15). The predicted molar refractivity (Wildman–Crippen MR) is 59.3 cm³/mol. The molecule has 84 valence electrons. The summed E-state index contributed by atoms with van der Waals surface area (Å²) in [7, 11) is 0. The summed E-state index contributed by atoms with van der Waals surface area (Å²) in [6.07, 6.45) is 0.997. The Kier molecular flexibility index (Phi) is 2.51. The lowest BCUT2D eigenvalue weighted by molar-refractivity contribution is -0.134. The summed E-state index contributed by atoms with van der Waals surface area (Å²) in [5, 5.41) is 10.4. The van der Waals surface area contributed by atoms with Crippen LogP contribution in [0.3, 0.4) is 0 Å². The molecular formula is C10H9FN2O2S. The van der Waals surface area contributed by atoms with Crippen LogP contribution in [0.1, 0.15) is 17.1 Å². The van der Waals surface area contributed by atoms with Crippen molar-refractivity contribution in [3.05, 3.63) is 28.3 Å². The average Bonchev–Trinajstić information content (AvgIpc) is 2.69. The lowest BCUT2D eigenvalue weighted by Gasteiger charge is -1.96. The van der Waals surface area contributed by atoms with Crippen LogP contribution in [-0.4, -0.2) is 20.5 Å². The Morgan fingerprint density at radius 1 is 1.62 bits per heavy atom. The monoisotopic (exact) mass is 240 g/mol. The number of imidazole rings is 1. The Bertz CT molecular complexity index is 597. The maximum absolute atomic E-state index is 13.1. The molecule has 4 nitrogen and oxygen atoms in total. The molecule has 0 spiro atoms. The van der Waals surface area contributed by atoms with Gasteiger partial charge in [0.05, 0.1) is 11.4 Å². The number of aryl methyl sites for hydroxylation is 2. The summed E-state index contributed by atoms with van der Waals surface area (Å²) in [6.45, 7) is 3.58. The molecule has 16 heavy (non-hydrogen) atoms. The molecular weight excluding hydrogens is 231 g/mol. The number of aliphatic carboxylic acids is 1. The molecule has 2 aromatic heterocycles. The van der Waals surface area contributed by atoms with E-state index in [1.54, 1.807) is 11.3 Å². The van der Waals surface area contributed by atoms with E-state index in [0.29, 0.717) is 11.4 Å². The minimum Gasteiger partial charge on any atom is -0.476 e. The van der Waals surface area contributed by atoms with Crippen molar-refractivity contribution in [1.82, 2.24) is 9.38 Å². The molecule has 2 aromatic rings. The van der Waals surface area contributed by atoms with Crippen LogP contribution in [0.4, 0.5) is 4.39 Å². The van der Waals surface area contributed by atoms with E-state index in [-0.39, 0.29) is 0 Å². The van der Waals surface area contributed by atoms with Gasteiger partial charge in [0.15, 0.2) is 4.96 Å². The number of halogens is 1. The van der Waals surface area contributed by atoms with Gasteiger partial charge in [0.25, 0.3) is 0 Å². The smallest absolute Gasteiger partial charge is 0.364 e. The van der Waals surface area contributed by atoms with E-state index in [1.807, 2.05) is 12.3 Å². The van der Waals surface area contributed by atoms with Crippen molar-refractivity contribution in [2.45, 2.75) is 13.8 Å². The Balaban J connectivity index is 2.67. The largest absolute Gasteiger partial charge is 0.476 e. The maximum Gasteiger partial charge on any atom is 0.364 e. The van der Waals surface area contributed by atoms with E-state index in [9.17, 15) is 9.18 Å². The van der Waals surface area contributed by atoms with Gasteiger partial charge in [0.1, 0.15) is 0 Å². The van der Waals surface area contributed by atoms with Crippen LogP contribution in [-0.2, 0) is 4.79 Å². The van der Waals surface area contributed by atoms with Gasteiger partial charge in [-0.25, -0.2) is 9.78 Å². The highest BCUT2D eigenvalue weighted by Gasteiger charge is 2.13. The third-order valence-corrected chi connectivity index (χ3v) is 3.17. The van der Waals surface area contributed by atoms with Crippen molar-refractivity contribution in [3.63, 3.8) is 0 Å². The van der Waals surface area contributed by atoms with E-state index in [4.69, 9.17) is 5.11 Å². The van der Waals surface area contributed by atoms with Crippen molar-refractivity contribution in [2.75, 3.05) is 0 Å². The highest BCUT2D eigenvalue weighted by molar-refractivity contribution is 7.15. The van der Waals surface area contributed by atoms with E-state index in [1.165, 1.54) is 11.3 Å². The minimum atomic E-state index is -1.57. The van der Waals surface area contributed by atoms with Crippen LogP contribution in [0.25, 0.3) is 11.0 Å². The minimum absolute atomic E-state index is 0.480. The van der Waals surface area contributed by atoms with Crippen molar-refractivity contribution < 1.29 is 14.3 Å². The number of hydrogen-bond donors (Lipinski definition) is 1. The molecule has 0 aliphatic heterocycles. The molecule has 0 fully saturated rings. The maximum atomic E-state index is 13.1. The predicted octanol–water partition coefficient (Wildman–Crippen LogP) is 2.41. The molecule has 0 aliphatic rings. The zero-order chi connectivity index (χ0) is 11.9. The third kappa shape index (κ3) is 1.61. The first-order valence-electron chi connectivity index (χ1n) is 4.54. The van der Waals surface area contributed by atoms with Crippen LogP contribution in [0.2, 0.25) is 0 Å². The van der Waals surface area contributed by atoms with Gasteiger partial charge in [0, 0.05) is 17.2 Å². The zero-order valence-electron chi connectivity index (χ0n) is 8.69. The molecule has 0 saturated heterocycles. The summed E-state index contributed by atoms with van der Waals surface area (Å²) in [5.41, 5.74) is 2.00. The van der Waals surface area contributed by atoms with Gasteiger partial charge in [-0.3, -0.25) is 4.40 Å². The van der Waals surface area contributed by atoms with Gasteiger partial charge in [-0.2, -0.15) is 4.39 Å². The lowest BCUT2D eigenvalue weighted by atomic mass is 10.3. The Labute approximate surface area is 94.7 Å². The zero-order valence-corrected chi connectivity index (χ0v) is 9.51. The Morgan fingerprint density at radius 2 is 2.31 bits per heavy atom. The highest BCUT2D eigenvalue weighted by atomic mass is 32.1. The van der Waals surface area contributed by atoms with Crippen LogP contribution in [0.5, 0.6) is 0 Å². The molecule has 0 aromatic carbocycles. The van der Waals surface area contributed by atoms with Gasteiger partial charge >= 0.3 is 5.97 Å². The molecule has 1 N–H and O–H groups in total. The molecule has 0 unspecified atom stereocenters. The number of carboxylic acids is 1. The molecule has 2 rings (SSSR count). The molecule has 0 saturated carbocycles. The fraction of sp³-hybridized carbons (Fsp3) is 0.200. The van der Waals surface area contributed by atoms with Gasteiger partial charge in [-0.15, -0.1) is 11.3 Å². The Morgan fingerprint density at radius 3 is 2.94 bits per heavy atom. The summed E-state index contributed by atoms with van der Waals surface area (Å²) < 4.78 is 14.8. The first-order chi connectivity index (χ1) is 7.50. The van der Waals surface area contributed by atoms with Gasteiger partial charge in [-0.1, -0.05) is 0 Å². The molecule has 0 bridgehead atoms. The number of carbonyl (C=O) groups is 1. The number of nitrogens with zero attached hydrogens (tertiary/aromatic N) is 2. The van der Waals surface area contributed by atoms with Crippen molar-refractivity contribution in [3.8, 4) is 0 Å². The van der Waals surface area contributed by atoms with Crippen molar-refractivity contribution in [2.24, 2.45) is 0 Å².